The molecule has 2 N–H and O–H groups in total. The summed E-state index contributed by atoms with van der Waals surface area (Å²) in [6.45, 7) is 0.190. The number of carbonyl (C=O) groups is 3. The van der Waals surface area contributed by atoms with E-state index in [1.807, 2.05) is 6.07 Å². The van der Waals surface area contributed by atoms with Crippen LogP contribution in [0.15, 0.2) is 48.8 Å². The van der Waals surface area contributed by atoms with Crippen molar-refractivity contribution in [2.45, 2.75) is 12.6 Å². The first kappa shape index (κ1) is 15.7. The molecule has 0 spiro atoms. The molecule has 0 unspecified atom stereocenters. The van der Waals surface area contributed by atoms with Gasteiger partial charge in [0.25, 0.3) is 5.91 Å². The van der Waals surface area contributed by atoms with Crippen molar-refractivity contribution in [2.75, 3.05) is 11.9 Å². The number of pyridine rings is 1. The minimum Gasteiger partial charge on any atom is -0.344 e. The molecule has 2 aromatic rings. The third-order valence-corrected chi connectivity index (χ3v) is 3.84. The molecule has 1 aliphatic heterocycles. The van der Waals surface area contributed by atoms with Crippen molar-refractivity contribution < 1.29 is 14.4 Å². The van der Waals surface area contributed by atoms with Gasteiger partial charge in [0.05, 0.1) is 0 Å². The van der Waals surface area contributed by atoms with Gasteiger partial charge in [0.15, 0.2) is 0 Å². The second-order valence-electron chi connectivity index (χ2n) is 5.41. The zero-order valence-electron chi connectivity index (χ0n) is 13.0. The van der Waals surface area contributed by atoms with Crippen LogP contribution >= 0.6 is 0 Å². The molecule has 0 saturated carbocycles. The van der Waals surface area contributed by atoms with Gasteiger partial charge in [0.1, 0.15) is 6.04 Å². The number of nitrogens with one attached hydrogen (secondary N) is 2. The maximum Gasteiger partial charge on any atom is 0.310 e. The largest absolute Gasteiger partial charge is 0.344 e. The Morgan fingerprint density at radius 3 is 2.71 bits per heavy atom. The normalized spacial score (nSPS) is 15.8. The molecular weight excluding hydrogens is 308 g/mol. The lowest BCUT2D eigenvalue weighted by molar-refractivity contribution is -0.140. The van der Waals surface area contributed by atoms with E-state index in [9.17, 15) is 14.4 Å². The van der Waals surface area contributed by atoms with Crippen LogP contribution in [0, 0.1) is 0 Å². The number of likely N-dealkylation sites (N-methyl/N-ethyl adjacent to an activating group) is 1. The minimum atomic E-state index is -0.845. The number of fused-ring (bicyclic) bond motifs is 1. The quantitative estimate of drug-likeness (QED) is 0.806. The maximum absolute atomic E-state index is 12.3. The molecule has 0 bridgehead atoms. The molecule has 7 nitrogen and oxygen atoms in total. The maximum atomic E-state index is 12.3. The Kier molecular flexibility index (Phi) is 4.24. The molecule has 1 aromatic heterocycles. The second kappa shape index (κ2) is 6.49. The summed E-state index contributed by atoms with van der Waals surface area (Å²) in [5.74, 6) is -1.91. The number of benzene rings is 1. The Hall–Kier alpha value is -3.22. The number of carbonyl (C=O) groups excluding carboxylic acids is 3. The number of hydrogen-bond acceptors (Lipinski definition) is 4. The van der Waals surface area contributed by atoms with Crippen LogP contribution < -0.4 is 15.5 Å². The van der Waals surface area contributed by atoms with Gasteiger partial charge < -0.3 is 15.5 Å². The SMILES string of the molecule is CN1C(=O)[C@H](NC(=O)C(=O)NCc2cccnc2)c2ccccc21. The second-order valence-corrected chi connectivity index (χ2v) is 5.41. The lowest BCUT2D eigenvalue weighted by Gasteiger charge is -2.13. The molecule has 122 valence electrons. The lowest BCUT2D eigenvalue weighted by atomic mass is 10.1. The summed E-state index contributed by atoms with van der Waals surface area (Å²) in [6, 6.07) is 9.84. The topological polar surface area (TPSA) is 91.4 Å². The van der Waals surface area contributed by atoms with Crippen LogP contribution in [0.3, 0.4) is 0 Å². The van der Waals surface area contributed by atoms with E-state index in [1.54, 1.807) is 49.8 Å². The zero-order chi connectivity index (χ0) is 17.1. The van der Waals surface area contributed by atoms with E-state index >= 15 is 0 Å². The molecule has 0 aliphatic carbocycles. The van der Waals surface area contributed by atoms with E-state index < -0.39 is 17.9 Å². The average Bonchev–Trinajstić information content (AvgIpc) is 2.86. The van der Waals surface area contributed by atoms with Crippen molar-refractivity contribution in [3.63, 3.8) is 0 Å². The molecule has 24 heavy (non-hydrogen) atoms. The fraction of sp³-hybridized carbons (Fsp3) is 0.176. The number of amides is 3. The Balaban J connectivity index is 1.64. The van der Waals surface area contributed by atoms with Crippen molar-refractivity contribution >= 4 is 23.4 Å². The Bertz CT molecular complexity index is 791. The van der Waals surface area contributed by atoms with Gasteiger partial charge in [-0.2, -0.15) is 0 Å². The van der Waals surface area contributed by atoms with E-state index in [0.717, 1.165) is 11.3 Å². The number of rotatable bonds is 3. The van der Waals surface area contributed by atoms with Crippen molar-refractivity contribution in [2.24, 2.45) is 0 Å². The summed E-state index contributed by atoms with van der Waals surface area (Å²) >= 11 is 0. The highest BCUT2D eigenvalue weighted by Crippen LogP contribution is 2.34. The van der Waals surface area contributed by atoms with Gasteiger partial charge in [-0.05, 0) is 17.7 Å². The number of anilines is 1. The third kappa shape index (κ3) is 2.96. The molecule has 1 aromatic carbocycles. The summed E-state index contributed by atoms with van der Waals surface area (Å²) in [6.07, 6.45) is 3.22. The highest BCUT2D eigenvalue weighted by Gasteiger charge is 2.36. The molecule has 3 rings (SSSR count). The smallest absolute Gasteiger partial charge is 0.310 e. The molecule has 0 radical (unpaired) electrons. The van der Waals surface area contributed by atoms with E-state index in [0.29, 0.717) is 5.56 Å². The Morgan fingerprint density at radius 2 is 1.96 bits per heavy atom. The lowest BCUT2D eigenvalue weighted by Crippen LogP contribution is -2.43. The average molecular weight is 324 g/mol. The molecule has 7 heteroatoms. The standard InChI is InChI=1S/C17H16N4O3/c1-21-13-7-3-2-6-12(13)14(17(21)24)20-16(23)15(22)19-10-11-5-4-8-18-9-11/h2-9,14H,10H2,1H3,(H,19,22)(H,20,23)/t14-/m1/s1. The molecule has 1 atom stereocenters. The molecule has 0 fully saturated rings. The fourth-order valence-corrected chi connectivity index (χ4v) is 2.58. The first-order valence-corrected chi connectivity index (χ1v) is 7.42. The molecule has 3 amide bonds. The van der Waals surface area contributed by atoms with E-state index in [4.69, 9.17) is 0 Å². The van der Waals surface area contributed by atoms with Crippen molar-refractivity contribution in [3.05, 3.63) is 59.9 Å². The highest BCUT2D eigenvalue weighted by atomic mass is 16.2. The zero-order valence-corrected chi connectivity index (χ0v) is 13.0. The third-order valence-electron chi connectivity index (χ3n) is 3.84. The van der Waals surface area contributed by atoms with Crippen molar-refractivity contribution in [1.29, 1.82) is 0 Å². The van der Waals surface area contributed by atoms with Gasteiger partial charge in [-0.25, -0.2) is 0 Å². The van der Waals surface area contributed by atoms with Gasteiger partial charge in [-0.3, -0.25) is 19.4 Å². The summed E-state index contributed by atoms with van der Waals surface area (Å²) in [4.78, 5) is 41.7. The number of hydrogen-bond donors (Lipinski definition) is 2. The highest BCUT2D eigenvalue weighted by molar-refractivity contribution is 6.35. The Morgan fingerprint density at radius 1 is 1.17 bits per heavy atom. The van der Waals surface area contributed by atoms with Crippen LogP contribution in [0.1, 0.15) is 17.2 Å². The molecule has 2 heterocycles. The predicted octanol–water partition coefficient (Wildman–Crippen LogP) is 0.532. The fourth-order valence-electron chi connectivity index (χ4n) is 2.58. The summed E-state index contributed by atoms with van der Waals surface area (Å²) in [5, 5.41) is 5.00. The predicted molar refractivity (Wildman–Crippen MR) is 86.8 cm³/mol. The number of aromatic nitrogens is 1. The molecule has 1 aliphatic rings. The molecule has 0 saturated heterocycles. The number of nitrogens with zero attached hydrogens (tertiary/aromatic N) is 2. The molecular formula is C17H16N4O3. The summed E-state index contributed by atoms with van der Waals surface area (Å²) in [5.41, 5.74) is 2.18. The summed E-state index contributed by atoms with van der Waals surface area (Å²) in [7, 11) is 1.63. The van der Waals surface area contributed by atoms with Crippen LogP contribution in [0.2, 0.25) is 0 Å². The van der Waals surface area contributed by atoms with Gasteiger partial charge in [-0.15, -0.1) is 0 Å². The van der Waals surface area contributed by atoms with Gasteiger partial charge >= 0.3 is 11.8 Å². The van der Waals surface area contributed by atoms with Gasteiger partial charge in [-0.1, -0.05) is 24.3 Å². The van der Waals surface area contributed by atoms with Crippen molar-refractivity contribution in [1.82, 2.24) is 15.6 Å². The van der Waals surface area contributed by atoms with E-state index in [-0.39, 0.29) is 12.5 Å². The van der Waals surface area contributed by atoms with E-state index in [2.05, 4.69) is 15.6 Å². The van der Waals surface area contributed by atoms with Gasteiger partial charge in [0, 0.05) is 37.2 Å². The van der Waals surface area contributed by atoms with Gasteiger partial charge in [0.2, 0.25) is 0 Å². The van der Waals surface area contributed by atoms with Crippen LogP contribution in [0.4, 0.5) is 5.69 Å². The first-order chi connectivity index (χ1) is 11.6. The number of para-hydroxylation sites is 1. The monoisotopic (exact) mass is 324 g/mol. The van der Waals surface area contributed by atoms with Crippen molar-refractivity contribution in [3.8, 4) is 0 Å². The van der Waals surface area contributed by atoms with Crippen LogP contribution in [-0.4, -0.2) is 29.8 Å². The van der Waals surface area contributed by atoms with E-state index in [1.165, 1.54) is 4.90 Å². The summed E-state index contributed by atoms with van der Waals surface area (Å²) < 4.78 is 0. The van der Waals surface area contributed by atoms with Crippen LogP contribution in [0.25, 0.3) is 0 Å². The Labute approximate surface area is 138 Å². The first-order valence-electron chi connectivity index (χ1n) is 7.42. The van der Waals surface area contributed by atoms with Crippen LogP contribution in [0.5, 0.6) is 0 Å². The van der Waals surface area contributed by atoms with Crippen LogP contribution in [-0.2, 0) is 20.9 Å². The minimum absolute atomic E-state index is 0.190.